The second-order valence-corrected chi connectivity index (χ2v) is 7.27. The van der Waals surface area contributed by atoms with Crippen molar-refractivity contribution in [3.8, 4) is 0 Å². The summed E-state index contributed by atoms with van der Waals surface area (Å²) >= 11 is 0. The Hall–Kier alpha value is -2.50. The van der Waals surface area contributed by atoms with Crippen molar-refractivity contribution in [2.75, 3.05) is 25.0 Å². The third-order valence-corrected chi connectivity index (χ3v) is 5.30. The molecular weight excluding hydrogens is 350 g/mol. The molecule has 0 fully saturated rings. The van der Waals surface area contributed by atoms with Gasteiger partial charge in [0.05, 0.1) is 12.2 Å². The lowest BCUT2D eigenvalue weighted by Crippen LogP contribution is -2.37. The van der Waals surface area contributed by atoms with Gasteiger partial charge in [-0.1, -0.05) is 31.1 Å². The fourth-order valence-corrected chi connectivity index (χ4v) is 3.76. The van der Waals surface area contributed by atoms with Gasteiger partial charge in [-0.2, -0.15) is 0 Å². The van der Waals surface area contributed by atoms with E-state index in [2.05, 4.69) is 66.7 Å². The van der Waals surface area contributed by atoms with Crippen LogP contribution in [0.25, 0.3) is 0 Å². The highest BCUT2D eigenvalue weighted by molar-refractivity contribution is 5.79. The maximum absolute atomic E-state index is 5.46. The quantitative estimate of drug-likeness (QED) is 0.566. The topological polar surface area (TPSA) is 65.7 Å². The van der Waals surface area contributed by atoms with E-state index in [9.17, 15) is 0 Å². The van der Waals surface area contributed by atoms with Crippen LogP contribution >= 0.6 is 0 Å². The molecule has 152 valence electrons. The lowest BCUT2D eigenvalue weighted by Gasteiger charge is -2.27. The Kier molecular flexibility index (Phi) is 6.95. The molecule has 2 heterocycles. The van der Waals surface area contributed by atoms with E-state index < -0.39 is 0 Å². The highest BCUT2D eigenvalue weighted by Gasteiger charge is 2.15. The van der Waals surface area contributed by atoms with Crippen molar-refractivity contribution >= 4 is 11.6 Å². The van der Waals surface area contributed by atoms with Crippen LogP contribution in [-0.4, -0.2) is 31.3 Å². The van der Waals surface area contributed by atoms with Gasteiger partial charge in [0.2, 0.25) is 0 Å². The van der Waals surface area contributed by atoms with Crippen LogP contribution in [0.1, 0.15) is 55.3 Å². The number of hydrogen-bond acceptors (Lipinski definition) is 4. The first-order chi connectivity index (χ1) is 13.7. The Morgan fingerprint density at radius 2 is 2.07 bits per heavy atom. The first-order valence-corrected chi connectivity index (χ1v) is 10.5. The maximum atomic E-state index is 5.46. The summed E-state index contributed by atoms with van der Waals surface area (Å²) in [7, 11) is 2.17. The molecule has 1 aliphatic rings. The van der Waals surface area contributed by atoms with Crippen LogP contribution < -0.4 is 15.5 Å². The zero-order valence-corrected chi connectivity index (χ0v) is 17.6. The van der Waals surface area contributed by atoms with E-state index in [0.29, 0.717) is 13.1 Å². The lowest BCUT2D eigenvalue weighted by molar-refractivity contribution is 0.380. The van der Waals surface area contributed by atoms with Gasteiger partial charge in [0.15, 0.2) is 5.96 Å². The van der Waals surface area contributed by atoms with Crippen LogP contribution in [0.2, 0.25) is 0 Å². The van der Waals surface area contributed by atoms with Gasteiger partial charge in [-0.25, -0.2) is 4.99 Å². The fraction of sp³-hybridized carbons (Fsp3) is 0.545. The summed E-state index contributed by atoms with van der Waals surface area (Å²) in [6.45, 7) is 9.59. The van der Waals surface area contributed by atoms with Crippen LogP contribution in [0.3, 0.4) is 0 Å². The van der Waals surface area contributed by atoms with Crippen molar-refractivity contribution in [2.24, 2.45) is 4.99 Å². The molecule has 0 radical (unpaired) electrons. The zero-order chi connectivity index (χ0) is 19.9. The predicted molar refractivity (Wildman–Crippen MR) is 115 cm³/mol. The molecule has 1 aromatic heterocycles. The SMILES string of the molecule is CCNC(=NCc1ccc2c(c1)CCCN2C)NCc1c(CC)noc1CC. The molecule has 0 saturated carbocycles. The van der Waals surface area contributed by atoms with Gasteiger partial charge in [-0.05, 0) is 43.4 Å². The lowest BCUT2D eigenvalue weighted by atomic mass is 10.00. The zero-order valence-electron chi connectivity index (χ0n) is 17.6. The molecule has 2 aromatic rings. The molecule has 0 unspecified atom stereocenters. The number of hydrogen-bond donors (Lipinski definition) is 2. The first kappa shape index (κ1) is 20.2. The van der Waals surface area contributed by atoms with Gasteiger partial charge < -0.3 is 20.1 Å². The van der Waals surface area contributed by atoms with Gasteiger partial charge in [0.1, 0.15) is 5.76 Å². The molecule has 1 aliphatic heterocycles. The number of fused-ring (bicyclic) bond motifs is 1. The molecule has 0 amide bonds. The standard InChI is InChI=1S/C22H33N5O/c1-5-19-18(21(6-2)28-26-19)15-25-22(23-7-3)24-14-16-10-11-20-17(13-16)9-8-12-27(20)4/h10-11,13H,5-9,12,14-15H2,1-4H3,(H2,23,24,25). The molecular formula is C22H33N5O. The van der Waals surface area contributed by atoms with Gasteiger partial charge in [0.25, 0.3) is 0 Å². The van der Waals surface area contributed by atoms with E-state index in [1.165, 1.54) is 23.2 Å². The van der Waals surface area contributed by atoms with E-state index >= 15 is 0 Å². The number of aryl methyl sites for hydroxylation is 3. The van der Waals surface area contributed by atoms with Crippen molar-refractivity contribution in [3.05, 3.63) is 46.3 Å². The van der Waals surface area contributed by atoms with E-state index in [4.69, 9.17) is 9.52 Å². The molecule has 0 saturated heterocycles. The summed E-state index contributed by atoms with van der Waals surface area (Å²) in [6, 6.07) is 6.73. The molecule has 0 bridgehead atoms. The van der Waals surface area contributed by atoms with E-state index in [1.54, 1.807) is 0 Å². The monoisotopic (exact) mass is 383 g/mol. The van der Waals surface area contributed by atoms with Crippen molar-refractivity contribution in [3.63, 3.8) is 0 Å². The number of nitrogens with zero attached hydrogens (tertiary/aromatic N) is 3. The Morgan fingerprint density at radius 3 is 2.82 bits per heavy atom. The average Bonchev–Trinajstić information content (AvgIpc) is 3.12. The van der Waals surface area contributed by atoms with Crippen LogP contribution in [0, 0.1) is 0 Å². The Labute approximate surface area is 168 Å². The summed E-state index contributed by atoms with van der Waals surface area (Å²) in [6.07, 6.45) is 4.10. The largest absolute Gasteiger partial charge is 0.374 e. The number of aromatic nitrogens is 1. The molecule has 6 nitrogen and oxygen atoms in total. The Bertz CT molecular complexity index is 790. The van der Waals surface area contributed by atoms with Gasteiger partial charge in [-0.15, -0.1) is 0 Å². The summed E-state index contributed by atoms with van der Waals surface area (Å²) in [5, 5.41) is 11.0. The molecule has 28 heavy (non-hydrogen) atoms. The number of nitrogens with one attached hydrogen (secondary N) is 2. The molecule has 6 heteroatoms. The molecule has 0 aliphatic carbocycles. The van der Waals surface area contributed by atoms with Crippen LogP contribution in [0.5, 0.6) is 0 Å². The molecule has 1 aromatic carbocycles. The van der Waals surface area contributed by atoms with Gasteiger partial charge in [0, 0.05) is 44.4 Å². The first-order valence-electron chi connectivity index (χ1n) is 10.5. The van der Waals surface area contributed by atoms with Crippen LogP contribution in [0.15, 0.2) is 27.7 Å². The summed E-state index contributed by atoms with van der Waals surface area (Å²) in [5.41, 5.74) is 6.23. The predicted octanol–water partition coefficient (Wildman–Crippen LogP) is 3.44. The molecule has 2 N–H and O–H groups in total. The fourth-order valence-electron chi connectivity index (χ4n) is 3.76. The van der Waals surface area contributed by atoms with Crippen molar-refractivity contribution in [1.82, 2.24) is 15.8 Å². The van der Waals surface area contributed by atoms with Crippen molar-refractivity contribution in [2.45, 2.75) is 59.5 Å². The minimum Gasteiger partial charge on any atom is -0.374 e. The highest BCUT2D eigenvalue weighted by Crippen LogP contribution is 2.27. The van der Waals surface area contributed by atoms with E-state index in [0.717, 1.165) is 55.3 Å². The van der Waals surface area contributed by atoms with Crippen molar-refractivity contribution < 1.29 is 4.52 Å². The molecule has 0 atom stereocenters. The highest BCUT2D eigenvalue weighted by atomic mass is 16.5. The third-order valence-electron chi connectivity index (χ3n) is 5.30. The van der Waals surface area contributed by atoms with E-state index in [-0.39, 0.29) is 0 Å². The number of guanidine groups is 1. The average molecular weight is 384 g/mol. The van der Waals surface area contributed by atoms with Crippen LogP contribution in [-0.2, 0) is 32.4 Å². The number of benzene rings is 1. The smallest absolute Gasteiger partial charge is 0.191 e. The van der Waals surface area contributed by atoms with Gasteiger partial charge in [-0.3, -0.25) is 0 Å². The van der Waals surface area contributed by atoms with Crippen molar-refractivity contribution in [1.29, 1.82) is 0 Å². The number of aliphatic imine (C=N–C) groups is 1. The third kappa shape index (κ3) is 4.66. The minimum atomic E-state index is 0.664. The summed E-state index contributed by atoms with van der Waals surface area (Å²) < 4.78 is 5.46. The van der Waals surface area contributed by atoms with Crippen LogP contribution in [0.4, 0.5) is 5.69 Å². The molecule has 3 rings (SSSR count). The Balaban J connectivity index is 1.69. The second-order valence-electron chi connectivity index (χ2n) is 7.27. The Morgan fingerprint density at radius 1 is 1.21 bits per heavy atom. The minimum absolute atomic E-state index is 0.664. The van der Waals surface area contributed by atoms with Gasteiger partial charge >= 0.3 is 0 Å². The second kappa shape index (κ2) is 9.62. The summed E-state index contributed by atoms with van der Waals surface area (Å²) in [4.78, 5) is 7.13. The summed E-state index contributed by atoms with van der Waals surface area (Å²) in [5.74, 6) is 1.78. The number of anilines is 1. The maximum Gasteiger partial charge on any atom is 0.191 e. The normalized spacial score (nSPS) is 14.1. The molecule has 0 spiro atoms. The number of rotatable bonds is 7. The van der Waals surface area contributed by atoms with E-state index in [1.807, 2.05) is 0 Å².